The standard InChI is InChI=1S/C28H32N4O2/c1-2-22-14-16-23(17-15-22)34-21-8-7-20-32-26-12-4-3-10-24(26)31-27(32)13-9-19-30-28(33)25-11-5-6-18-29-25/h3-6,10-12,14-18H,2,7-9,13,19-21H2,1H3,(H,30,33). The Labute approximate surface area is 201 Å². The number of hydrogen-bond donors (Lipinski definition) is 1. The van der Waals surface area contributed by atoms with Crippen molar-refractivity contribution in [2.75, 3.05) is 13.2 Å². The van der Waals surface area contributed by atoms with Crippen molar-refractivity contribution in [3.8, 4) is 5.75 Å². The average Bonchev–Trinajstić information content (AvgIpc) is 3.24. The summed E-state index contributed by atoms with van der Waals surface area (Å²) in [6.07, 6.45) is 6.27. The summed E-state index contributed by atoms with van der Waals surface area (Å²) in [5, 5.41) is 2.95. The van der Waals surface area contributed by atoms with Gasteiger partial charge in [0.05, 0.1) is 17.6 Å². The van der Waals surface area contributed by atoms with E-state index in [2.05, 4.69) is 52.1 Å². The lowest BCUT2D eigenvalue weighted by Crippen LogP contribution is -2.25. The molecule has 176 valence electrons. The number of aromatic nitrogens is 3. The molecule has 1 N–H and O–H groups in total. The molecule has 0 saturated carbocycles. The first-order valence-corrected chi connectivity index (χ1v) is 12.1. The lowest BCUT2D eigenvalue weighted by atomic mass is 10.2. The van der Waals surface area contributed by atoms with Crippen molar-refractivity contribution in [3.05, 3.63) is 90.0 Å². The molecule has 0 bridgehead atoms. The molecule has 4 rings (SSSR count). The van der Waals surface area contributed by atoms with Crippen LogP contribution in [0.15, 0.2) is 72.9 Å². The van der Waals surface area contributed by atoms with Gasteiger partial charge in [-0.2, -0.15) is 0 Å². The highest BCUT2D eigenvalue weighted by Crippen LogP contribution is 2.18. The van der Waals surface area contributed by atoms with Gasteiger partial charge in [-0.15, -0.1) is 0 Å². The minimum atomic E-state index is -0.140. The molecular weight excluding hydrogens is 424 g/mol. The molecule has 0 unspecified atom stereocenters. The maximum Gasteiger partial charge on any atom is 0.269 e. The van der Waals surface area contributed by atoms with Crippen LogP contribution in [0, 0.1) is 0 Å². The van der Waals surface area contributed by atoms with E-state index in [4.69, 9.17) is 9.72 Å². The molecule has 0 radical (unpaired) electrons. The number of nitrogens with one attached hydrogen (secondary N) is 1. The highest BCUT2D eigenvalue weighted by Gasteiger charge is 2.11. The molecule has 1 amide bonds. The average molecular weight is 457 g/mol. The Kier molecular flexibility index (Phi) is 8.27. The highest BCUT2D eigenvalue weighted by atomic mass is 16.5. The first-order chi connectivity index (χ1) is 16.7. The van der Waals surface area contributed by atoms with Crippen molar-refractivity contribution in [1.29, 1.82) is 0 Å². The summed E-state index contributed by atoms with van der Waals surface area (Å²) >= 11 is 0. The number of carbonyl (C=O) groups excluding carboxylic acids is 1. The maximum absolute atomic E-state index is 12.2. The van der Waals surface area contributed by atoms with E-state index in [1.54, 1.807) is 18.3 Å². The Morgan fingerprint density at radius 2 is 1.79 bits per heavy atom. The van der Waals surface area contributed by atoms with Crippen LogP contribution in [0.5, 0.6) is 5.75 Å². The molecule has 4 aromatic rings. The van der Waals surface area contributed by atoms with Gasteiger partial charge < -0.3 is 14.6 Å². The minimum absolute atomic E-state index is 0.140. The summed E-state index contributed by atoms with van der Waals surface area (Å²) in [7, 11) is 0. The lowest BCUT2D eigenvalue weighted by Gasteiger charge is -2.11. The number of nitrogens with zero attached hydrogens (tertiary/aromatic N) is 3. The van der Waals surface area contributed by atoms with Crippen molar-refractivity contribution < 1.29 is 9.53 Å². The van der Waals surface area contributed by atoms with Crippen molar-refractivity contribution in [1.82, 2.24) is 19.9 Å². The fourth-order valence-electron chi connectivity index (χ4n) is 3.99. The smallest absolute Gasteiger partial charge is 0.269 e. The zero-order valence-electron chi connectivity index (χ0n) is 19.7. The molecule has 6 heteroatoms. The van der Waals surface area contributed by atoms with Crippen LogP contribution < -0.4 is 10.1 Å². The van der Waals surface area contributed by atoms with Crippen LogP contribution in [0.25, 0.3) is 11.0 Å². The van der Waals surface area contributed by atoms with E-state index >= 15 is 0 Å². The van der Waals surface area contributed by atoms with Gasteiger partial charge in [0.1, 0.15) is 17.3 Å². The zero-order chi connectivity index (χ0) is 23.6. The van der Waals surface area contributed by atoms with E-state index in [1.807, 2.05) is 24.3 Å². The van der Waals surface area contributed by atoms with Gasteiger partial charge in [-0.3, -0.25) is 9.78 Å². The predicted octanol–water partition coefficient (Wildman–Crippen LogP) is 5.22. The molecule has 2 heterocycles. The molecule has 0 spiro atoms. The first kappa shape index (κ1) is 23.5. The van der Waals surface area contributed by atoms with E-state index in [1.165, 1.54) is 5.56 Å². The molecule has 0 fully saturated rings. The van der Waals surface area contributed by atoms with Crippen molar-refractivity contribution in [3.63, 3.8) is 0 Å². The zero-order valence-corrected chi connectivity index (χ0v) is 19.7. The van der Waals surface area contributed by atoms with E-state index < -0.39 is 0 Å². The predicted molar refractivity (Wildman–Crippen MR) is 135 cm³/mol. The van der Waals surface area contributed by atoms with Crippen LogP contribution >= 0.6 is 0 Å². The summed E-state index contributed by atoms with van der Waals surface area (Å²) in [5.74, 6) is 1.85. The maximum atomic E-state index is 12.2. The number of amides is 1. The topological polar surface area (TPSA) is 69.0 Å². The van der Waals surface area contributed by atoms with Gasteiger partial charge in [-0.25, -0.2) is 4.98 Å². The highest BCUT2D eigenvalue weighted by molar-refractivity contribution is 5.92. The number of hydrogen-bond acceptors (Lipinski definition) is 4. The number of para-hydroxylation sites is 2. The summed E-state index contributed by atoms with van der Waals surface area (Å²) in [4.78, 5) is 21.1. The summed E-state index contributed by atoms with van der Waals surface area (Å²) in [5.41, 5.74) is 3.94. The molecule has 0 aliphatic heterocycles. The van der Waals surface area contributed by atoms with Gasteiger partial charge in [-0.05, 0) is 67.6 Å². The molecule has 2 aromatic carbocycles. The van der Waals surface area contributed by atoms with Gasteiger partial charge in [0, 0.05) is 25.7 Å². The molecule has 34 heavy (non-hydrogen) atoms. The number of aryl methyl sites for hydroxylation is 3. The number of carbonyl (C=O) groups is 1. The van der Waals surface area contributed by atoms with Crippen LogP contribution in [0.4, 0.5) is 0 Å². The van der Waals surface area contributed by atoms with Crippen LogP contribution in [-0.2, 0) is 19.4 Å². The fourth-order valence-corrected chi connectivity index (χ4v) is 3.99. The van der Waals surface area contributed by atoms with Crippen molar-refractivity contribution in [2.45, 2.75) is 45.6 Å². The van der Waals surface area contributed by atoms with Crippen LogP contribution in [0.1, 0.15) is 48.1 Å². The second-order valence-corrected chi connectivity index (χ2v) is 8.30. The number of ether oxygens (including phenoxy) is 1. The molecule has 0 aliphatic rings. The number of pyridine rings is 1. The van der Waals surface area contributed by atoms with Crippen molar-refractivity contribution in [2.24, 2.45) is 0 Å². The van der Waals surface area contributed by atoms with Crippen LogP contribution in [0.3, 0.4) is 0 Å². The van der Waals surface area contributed by atoms with Gasteiger partial charge >= 0.3 is 0 Å². The number of imidazole rings is 1. The Hall–Kier alpha value is -3.67. The number of unbranched alkanes of at least 4 members (excludes halogenated alkanes) is 1. The van der Waals surface area contributed by atoms with Gasteiger partial charge in [0.2, 0.25) is 0 Å². The summed E-state index contributed by atoms with van der Waals surface area (Å²) in [6.45, 7) is 4.34. The van der Waals surface area contributed by atoms with Gasteiger partial charge in [-0.1, -0.05) is 37.3 Å². The number of rotatable bonds is 12. The Bertz CT molecular complexity index is 1190. The van der Waals surface area contributed by atoms with Crippen molar-refractivity contribution >= 4 is 16.9 Å². The lowest BCUT2D eigenvalue weighted by molar-refractivity contribution is 0.0948. The fraction of sp³-hybridized carbons (Fsp3) is 0.321. The van der Waals surface area contributed by atoms with Gasteiger partial charge in [0.15, 0.2) is 0 Å². The third-order valence-corrected chi connectivity index (χ3v) is 5.87. The summed E-state index contributed by atoms with van der Waals surface area (Å²) in [6, 6.07) is 21.9. The third-order valence-electron chi connectivity index (χ3n) is 5.87. The molecule has 0 saturated heterocycles. The van der Waals surface area contributed by atoms with Crippen LogP contribution in [-0.4, -0.2) is 33.6 Å². The Morgan fingerprint density at radius 1 is 0.971 bits per heavy atom. The molecular formula is C28H32N4O2. The van der Waals surface area contributed by atoms with Crippen LogP contribution in [0.2, 0.25) is 0 Å². The molecule has 2 aromatic heterocycles. The second kappa shape index (κ2) is 12.0. The number of benzene rings is 2. The molecule has 0 aliphatic carbocycles. The van der Waals surface area contributed by atoms with E-state index in [-0.39, 0.29) is 5.91 Å². The number of fused-ring (bicyclic) bond motifs is 1. The largest absolute Gasteiger partial charge is 0.494 e. The van der Waals surface area contributed by atoms with E-state index in [0.717, 1.165) is 61.3 Å². The first-order valence-electron chi connectivity index (χ1n) is 12.1. The Balaban J connectivity index is 1.27. The quantitative estimate of drug-likeness (QED) is 0.297. The molecule has 6 nitrogen and oxygen atoms in total. The Morgan fingerprint density at radius 3 is 2.59 bits per heavy atom. The second-order valence-electron chi connectivity index (χ2n) is 8.30. The summed E-state index contributed by atoms with van der Waals surface area (Å²) < 4.78 is 8.22. The normalized spacial score (nSPS) is 11.0. The van der Waals surface area contributed by atoms with Gasteiger partial charge in [0.25, 0.3) is 5.91 Å². The van der Waals surface area contributed by atoms with E-state index in [0.29, 0.717) is 18.8 Å². The molecule has 0 atom stereocenters. The monoisotopic (exact) mass is 456 g/mol. The minimum Gasteiger partial charge on any atom is -0.494 e. The SMILES string of the molecule is CCc1ccc(OCCCCn2c(CCCNC(=O)c3ccccn3)nc3ccccc32)cc1. The van der Waals surface area contributed by atoms with E-state index in [9.17, 15) is 4.79 Å². The third kappa shape index (κ3) is 6.22.